The summed E-state index contributed by atoms with van der Waals surface area (Å²) in [5.41, 5.74) is 5.73. The van der Waals surface area contributed by atoms with Crippen LogP contribution in [0.2, 0.25) is 0 Å². The van der Waals surface area contributed by atoms with E-state index >= 15 is 0 Å². The van der Waals surface area contributed by atoms with Gasteiger partial charge >= 0.3 is 0 Å². The van der Waals surface area contributed by atoms with Gasteiger partial charge in [0.1, 0.15) is 5.76 Å². The van der Waals surface area contributed by atoms with Gasteiger partial charge in [0.15, 0.2) is 0 Å². The van der Waals surface area contributed by atoms with Gasteiger partial charge < -0.3 is 10.2 Å². The average molecular weight is 219 g/mol. The zero-order chi connectivity index (χ0) is 10.5. The first kappa shape index (κ1) is 10.3. The average Bonchev–Trinajstić information content (AvgIpc) is 2.81. The Morgan fingerprint density at radius 2 is 1.93 bits per heavy atom. The van der Waals surface area contributed by atoms with Gasteiger partial charge in [-0.05, 0) is 24.3 Å². The maximum absolute atomic E-state index is 5.73. The summed E-state index contributed by atoms with van der Waals surface area (Å²) in [6, 6.07) is 14.1. The molecular formula is C12H13NOS. The van der Waals surface area contributed by atoms with Crippen molar-refractivity contribution in [3.63, 3.8) is 0 Å². The molecule has 0 aliphatic heterocycles. The molecule has 2 nitrogen and oxygen atoms in total. The van der Waals surface area contributed by atoms with Gasteiger partial charge in [-0.15, -0.1) is 11.8 Å². The fraction of sp³-hybridized carbons (Fsp3) is 0.167. The molecule has 1 aromatic carbocycles. The van der Waals surface area contributed by atoms with Gasteiger partial charge in [-0.25, -0.2) is 0 Å². The van der Waals surface area contributed by atoms with Crippen molar-refractivity contribution in [2.75, 3.05) is 6.54 Å². The lowest BCUT2D eigenvalue weighted by Crippen LogP contribution is -2.08. The summed E-state index contributed by atoms with van der Waals surface area (Å²) in [4.78, 5) is 1.21. The quantitative estimate of drug-likeness (QED) is 0.803. The third-order valence-corrected chi connectivity index (χ3v) is 3.35. The molecule has 2 aromatic rings. The second kappa shape index (κ2) is 5.05. The van der Waals surface area contributed by atoms with E-state index in [1.165, 1.54) is 4.90 Å². The van der Waals surface area contributed by atoms with Gasteiger partial charge in [-0.1, -0.05) is 18.2 Å². The maximum Gasteiger partial charge on any atom is 0.118 e. The summed E-state index contributed by atoms with van der Waals surface area (Å²) in [6.45, 7) is 0.576. The molecule has 1 unspecified atom stereocenters. The van der Waals surface area contributed by atoms with Crippen LogP contribution in [-0.2, 0) is 0 Å². The van der Waals surface area contributed by atoms with Crippen molar-refractivity contribution in [1.82, 2.24) is 0 Å². The smallest absolute Gasteiger partial charge is 0.118 e. The van der Waals surface area contributed by atoms with Crippen LogP contribution in [0.3, 0.4) is 0 Å². The molecule has 15 heavy (non-hydrogen) atoms. The molecule has 1 heterocycles. The Balaban J connectivity index is 2.10. The molecule has 2 N–H and O–H groups in total. The van der Waals surface area contributed by atoms with Crippen LogP contribution in [0.4, 0.5) is 0 Å². The minimum Gasteiger partial charge on any atom is -0.468 e. The Bertz CT molecular complexity index is 385. The van der Waals surface area contributed by atoms with Crippen molar-refractivity contribution in [3.8, 4) is 0 Å². The molecule has 0 spiro atoms. The molecule has 0 saturated heterocycles. The predicted octanol–water partition coefficient (Wildman–Crippen LogP) is 3.07. The largest absolute Gasteiger partial charge is 0.468 e. The standard InChI is InChI=1S/C12H13NOS/c13-9-12(11-7-4-8-14-11)15-10-5-2-1-3-6-10/h1-8,12H,9,13H2. The van der Waals surface area contributed by atoms with E-state index in [1.807, 2.05) is 30.3 Å². The Morgan fingerprint density at radius 3 is 2.53 bits per heavy atom. The summed E-state index contributed by atoms with van der Waals surface area (Å²) < 4.78 is 5.36. The van der Waals surface area contributed by atoms with Gasteiger partial charge in [-0.2, -0.15) is 0 Å². The second-order valence-electron chi connectivity index (χ2n) is 3.17. The zero-order valence-electron chi connectivity index (χ0n) is 8.30. The zero-order valence-corrected chi connectivity index (χ0v) is 9.11. The van der Waals surface area contributed by atoms with E-state index in [4.69, 9.17) is 10.2 Å². The number of thioether (sulfide) groups is 1. The van der Waals surface area contributed by atoms with E-state index in [-0.39, 0.29) is 5.25 Å². The molecule has 1 aromatic heterocycles. The van der Waals surface area contributed by atoms with Crippen LogP contribution < -0.4 is 5.73 Å². The molecule has 3 heteroatoms. The summed E-state index contributed by atoms with van der Waals surface area (Å²) in [7, 11) is 0. The lowest BCUT2D eigenvalue weighted by atomic mass is 10.3. The van der Waals surface area contributed by atoms with Crippen molar-refractivity contribution >= 4 is 11.8 Å². The molecule has 78 valence electrons. The Labute approximate surface area is 93.5 Å². The van der Waals surface area contributed by atoms with E-state index in [9.17, 15) is 0 Å². The molecule has 0 aliphatic carbocycles. The van der Waals surface area contributed by atoms with Crippen LogP contribution in [0.15, 0.2) is 58.0 Å². The van der Waals surface area contributed by atoms with Crippen LogP contribution in [0, 0.1) is 0 Å². The van der Waals surface area contributed by atoms with Crippen LogP contribution >= 0.6 is 11.8 Å². The van der Waals surface area contributed by atoms with Crippen LogP contribution in [0.1, 0.15) is 11.0 Å². The molecule has 0 saturated carbocycles. The predicted molar refractivity (Wildman–Crippen MR) is 62.8 cm³/mol. The fourth-order valence-corrected chi connectivity index (χ4v) is 2.35. The summed E-state index contributed by atoms with van der Waals surface area (Å²) >= 11 is 1.73. The lowest BCUT2D eigenvalue weighted by Gasteiger charge is -2.11. The molecule has 0 amide bonds. The highest BCUT2D eigenvalue weighted by molar-refractivity contribution is 7.99. The Kier molecular flexibility index (Phi) is 3.48. The lowest BCUT2D eigenvalue weighted by molar-refractivity contribution is 0.507. The molecule has 0 bridgehead atoms. The SMILES string of the molecule is NCC(Sc1ccccc1)c1ccco1. The van der Waals surface area contributed by atoms with Crippen molar-refractivity contribution in [2.24, 2.45) is 5.73 Å². The first-order valence-electron chi connectivity index (χ1n) is 4.85. The van der Waals surface area contributed by atoms with Crippen molar-refractivity contribution < 1.29 is 4.42 Å². The topological polar surface area (TPSA) is 39.2 Å². The van der Waals surface area contributed by atoms with Gasteiger partial charge in [-0.3, -0.25) is 0 Å². The van der Waals surface area contributed by atoms with Gasteiger partial charge in [0, 0.05) is 11.4 Å². The molecule has 1 atom stereocenters. The fourth-order valence-electron chi connectivity index (χ4n) is 1.36. The minimum absolute atomic E-state index is 0.197. The highest BCUT2D eigenvalue weighted by Crippen LogP contribution is 2.34. The van der Waals surface area contributed by atoms with E-state index in [0.717, 1.165) is 5.76 Å². The van der Waals surface area contributed by atoms with Crippen LogP contribution in [0.25, 0.3) is 0 Å². The van der Waals surface area contributed by atoms with E-state index in [0.29, 0.717) is 6.54 Å². The highest BCUT2D eigenvalue weighted by Gasteiger charge is 2.13. The minimum atomic E-state index is 0.197. The van der Waals surface area contributed by atoms with Crippen LogP contribution in [-0.4, -0.2) is 6.54 Å². The van der Waals surface area contributed by atoms with Crippen molar-refractivity contribution in [3.05, 3.63) is 54.5 Å². The maximum atomic E-state index is 5.73. The van der Waals surface area contributed by atoms with Crippen molar-refractivity contribution in [2.45, 2.75) is 10.1 Å². The Morgan fingerprint density at radius 1 is 1.13 bits per heavy atom. The van der Waals surface area contributed by atoms with Crippen LogP contribution in [0.5, 0.6) is 0 Å². The van der Waals surface area contributed by atoms with Gasteiger partial charge in [0.25, 0.3) is 0 Å². The highest BCUT2D eigenvalue weighted by atomic mass is 32.2. The monoisotopic (exact) mass is 219 g/mol. The second-order valence-corrected chi connectivity index (χ2v) is 4.45. The number of furan rings is 1. The van der Waals surface area contributed by atoms with Crippen molar-refractivity contribution in [1.29, 1.82) is 0 Å². The molecule has 2 rings (SSSR count). The summed E-state index contributed by atoms with van der Waals surface area (Å²) in [5, 5.41) is 0.197. The van der Waals surface area contributed by atoms with Gasteiger partial charge in [0.2, 0.25) is 0 Å². The number of hydrogen-bond donors (Lipinski definition) is 1. The first-order valence-corrected chi connectivity index (χ1v) is 5.73. The molecule has 0 aliphatic rings. The van der Waals surface area contributed by atoms with E-state index in [2.05, 4.69) is 12.1 Å². The van der Waals surface area contributed by atoms with E-state index in [1.54, 1.807) is 18.0 Å². The van der Waals surface area contributed by atoms with E-state index < -0.39 is 0 Å². The molecule has 0 fully saturated rings. The van der Waals surface area contributed by atoms with Gasteiger partial charge in [0.05, 0.1) is 11.5 Å². The summed E-state index contributed by atoms with van der Waals surface area (Å²) in [5.74, 6) is 0.936. The third-order valence-electron chi connectivity index (χ3n) is 2.10. The molecule has 0 radical (unpaired) electrons. The third kappa shape index (κ3) is 2.64. The number of nitrogens with two attached hydrogens (primary N) is 1. The normalized spacial score (nSPS) is 12.6. The number of rotatable bonds is 4. The summed E-state index contributed by atoms with van der Waals surface area (Å²) in [6.07, 6.45) is 1.68. The number of benzene rings is 1. The first-order chi connectivity index (χ1) is 7.40. The Hall–Kier alpha value is -1.19. The number of hydrogen-bond acceptors (Lipinski definition) is 3. The molecular weight excluding hydrogens is 206 g/mol.